The molecule has 0 spiro atoms. The van der Waals surface area contributed by atoms with Gasteiger partial charge in [-0.3, -0.25) is 14.5 Å². The molecule has 2 amide bonds. The number of nitrogens with one attached hydrogen (secondary N) is 1. The molecule has 1 N–H and O–H groups in total. The minimum atomic E-state index is -3.94. The molecule has 2 aromatic rings. The molecule has 1 unspecified atom stereocenters. The highest BCUT2D eigenvalue weighted by molar-refractivity contribution is 7.89. The largest absolute Gasteiger partial charge is 0.351 e. The van der Waals surface area contributed by atoms with Crippen LogP contribution >= 0.6 is 0 Å². The van der Waals surface area contributed by atoms with Crippen LogP contribution in [0.1, 0.15) is 51.0 Å². The Hall–Kier alpha value is -2.71. The van der Waals surface area contributed by atoms with E-state index in [4.69, 9.17) is 0 Å². The molecule has 1 aliphatic heterocycles. The Bertz CT molecular complexity index is 1130. The Balaban J connectivity index is 1.70. The number of anilines is 1. The summed E-state index contributed by atoms with van der Waals surface area (Å²) in [4.78, 5) is 28.8. The Morgan fingerprint density at radius 3 is 2.21 bits per heavy atom. The van der Waals surface area contributed by atoms with Gasteiger partial charge in [0.25, 0.3) is 0 Å². The molecule has 1 atom stereocenters. The van der Waals surface area contributed by atoms with Crippen LogP contribution in [0.2, 0.25) is 0 Å². The second-order valence-electron chi connectivity index (χ2n) is 9.59. The SMILES string of the molecule is Cc1ccc(N2C(=O)CN(S(=O)(=O)c3ccccc3)CC2(C)C(=O)NC2CCCCCC2)cc1. The molecule has 2 aromatic carbocycles. The average molecular weight is 484 g/mol. The molecule has 0 bridgehead atoms. The van der Waals surface area contributed by atoms with Gasteiger partial charge in [-0.2, -0.15) is 4.31 Å². The highest BCUT2D eigenvalue weighted by Crippen LogP contribution is 2.33. The molecule has 1 saturated carbocycles. The summed E-state index contributed by atoms with van der Waals surface area (Å²) in [6, 6.07) is 15.5. The van der Waals surface area contributed by atoms with Gasteiger partial charge in [0, 0.05) is 18.3 Å². The van der Waals surface area contributed by atoms with Crippen molar-refractivity contribution >= 4 is 27.5 Å². The first kappa shape index (κ1) is 24.4. The first-order valence-corrected chi connectivity index (χ1v) is 13.4. The van der Waals surface area contributed by atoms with Gasteiger partial charge in [-0.05, 0) is 51.0 Å². The summed E-state index contributed by atoms with van der Waals surface area (Å²) in [5.74, 6) is -0.741. The summed E-state index contributed by atoms with van der Waals surface area (Å²) in [7, 11) is -3.94. The van der Waals surface area contributed by atoms with Crippen molar-refractivity contribution in [2.45, 2.75) is 68.8 Å². The number of hydrogen-bond donors (Lipinski definition) is 1. The molecule has 4 rings (SSSR count). The minimum Gasteiger partial charge on any atom is -0.351 e. The van der Waals surface area contributed by atoms with Crippen molar-refractivity contribution in [2.75, 3.05) is 18.0 Å². The summed E-state index contributed by atoms with van der Waals surface area (Å²) < 4.78 is 27.9. The predicted octanol–water partition coefficient (Wildman–Crippen LogP) is 3.63. The van der Waals surface area contributed by atoms with E-state index in [1.165, 1.54) is 17.0 Å². The molecule has 2 fully saturated rings. The number of rotatable bonds is 5. The van der Waals surface area contributed by atoms with Crippen LogP contribution < -0.4 is 10.2 Å². The quantitative estimate of drug-likeness (QED) is 0.658. The number of piperazine rings is 1. The lowest BCUT2D eigenvalue weighted by molar-refractivity contribution is -0.133. The highest BCUT2D eigenvalue weighted by atomic mass is 32.2. The molecule has 2 aliphatic rings. The van der Waals surface area contributed by atoms with Gasteiger partial charge < -0.3 is 5.32 Å². The van der Waals surface area contributed by atoms with Gasteiger partial charge in [-0.1, -0.05) is 61.6 Å². The average Bonchev–Trinajstić information content (AvgIpc) is 3.09. The Labute approximate surface area is 202 Å². The summed E-state index contributed by atoms with van der Waals surface area (Å²) in [5, 5.41) is 3.16. The minimum absolute atomic E-state index is 0.0305. The van der Waals surface area contributed by atoms with Gasteiger partial charge in [0.1, 0.15) is 5.54 Å². The van der Waals surface area contributed by atoms with Crippen LogP contribution in [0.25, 0.3) is 0 Å². The number of amides is 2. The molecule has 1 aliphatic carbocycles. The van der Waals surface area contributed by atoms with E-state index in [0.29, 0.717) is 5.69 Å². The number of sulfonamides is 1. The van der Waals surface area contributed by atoms with Gasteiger partial charge in [-0.15, -0.1) is 0 Å². The fraction of sp³-hybridized carbons (Fsp3) is 0.462. The number of aryl methyl sites for hydroxylation is 1. The second kappa shape index (κ2) is 9.88. The van der Waals surface area contributed by atoms with Crippen molar-refractivity contribution < 1.29 is 18.0 Å². The number of benzene rings is 2. The zero-order chi connectivity index (χ0) is 24.3. The molecular weight excluding hydrogens is 450 g/mol. The first-order chi connectivity index (χ1) is 16.2. The molecule has 1 saturated heterocycles. The fourth-order valence-electron chi connectivity index (χ4n) is 4.94. The van der Waals surface area contributed by atoms with E-state index in [0.717, 1.165) is 48.4 Å². The molecule has 0 radical (unpaired) electrons. The smallest absolute Gasteiger partial charge is 0.247 e. The van der Waals surface area contributed by atoms with Gasteiger partial charge in [0.05, 0.1) is 11.4 Å². The normalized spacial score (nSPS) is 22.9. The zero-order valence-corrected chi connectivity index (χ0v) is 20.7. The number of carbonyl (C=O) groups is 2. The number of hydrogen-bond acceptors (Lipinski definition) is 4. The van der Waals surface area contributed by atoms with Crippen LogP contribution in [0.5, 0.6) is 0 Å². The van der Waals surface area contributed by atoms with Gasteiger partial charge in [-0.25, -0.2) is 8.42 Å². The van der Waals surface area contributed by atoms with Crippen molar-refractivity contribution in [1.82, 2.24) is 9.62 Å². The van der Waals surface area contributed by atoms with Gasteiger partial charge in [0.15, 0.2) is 0 Å². The van der Waals surface area contributed by atoms with Crippen molar-refractivity contribution in [3.8, 4) is 0 Å². The van der Waals surface area contributed by atoms with Crippen LogP contribution in [-0.4, -0.2) is 49.2 Å². The van der Waals surface area contributed by atoms with Crippen LogP contribution in [-0.2, 0) is 19.6 Å². The Morgan fingerprint density at radius 2 is 1.59 bits per heavy atom. The lowest BCUT2D eigenvalue weighted by atomic mass is 9.93. The van der Waals surface area contributed by atoms with Crippen molar-refractivity contribution in [3.63, 3.8) is 0 Å². The fourth-order valence-corrected chi connectivity index (χ4v) is 6.44. The van der Waals surface area contributed by atoms with Crippen LogP contribution in [0.4, 0.5) is 5.69 Å². The highest BCUT2D eigenvalue weighted by Gasteiger charge is 2.51. The molecule has 0 aromatic heterocycles. The molecule has 1 heterocycles. The van der Waals surface area contributed by atoms with Crippen molar-refractivity contribution in [3.05, 3.63) is 60.2 Å². The van der Waals surface area contributed by atoms with E-state index >= 15 is 0 Å². The summed E-state index contributed by atoms with van der Waals surface area (Å²) in [6.45, 7) is 3.18. The Kier molecular flexibility index (Phi) is 7.09. The van der Waals surface area contributed by atoms with Crippen LogP contribution in [0, 0.1) is 6.92 Å². The Morgan fingerprint density at radius 1 is 0.971 bits per heavy atom. The maximum Gasteiger partial charge on any atom is 0.247 e. The number of carbonyl (C=O) groups excluding carboxylic acids is 2. The topological polar surface area (TPSA) is 86.8 Å². The molecular formula is C26H33N3O4S. The van der Waals surface area contributed by atoms with Gasteiger partial charge in [0.2, 0.25) is 21.8 Å². The molecule has 34 heavy (non-hydrogen) atoms. The van der Waals surface area contributed by atoms with E-state index in [1.54, 1.807) is 25.1 Å². The van der Waals surface area contributed by atoms with Crippen LogP contribution in [0.15, 0.2) is 59.5 Å². The third-order valence-corrected chi connectivity index (χ3v) is 8.70. The van der Waals surface area contributed by atoms with E-state index in [9.17, 15) is 18.0 Å². The van der Waals surface area contributed by atoms with E-state index < -0.39 is 21.5 Å². The van der Waals surface area contributed by atoms with Crippen molar-refractivity contribution in [1.29, 1.82) is 0 Å². The third kappa shape index (κ3) is 4.88. The summed E-state index contributed by atoms with van der Waals surface area (Å²) in [5.41, 5.74) is 0.232. The van der Waals surface area contributed by atoms with Crippen LogP contribution in [0.3, 0.4) is 0 Å². The first-order valence-electron chi connectivity index (χ1n) is 12.0. The number of nitrogens with zero attached hydrogens (tertiary/aromatic N) is 2. The van der Waals surface area contributed by atoms with E-state index in [1.807, 2.05) is 31.2 Å². The summed E-state index contributed by atoms with van der Waals surface area (Å²) >= 11 is 0. The lowest BCUT2D eigenvalue weighted by Crippen LogP contribution is -2.70. The second-order valence-corrected chi connectivity index (χ2v) is 11.5. The summed E-state index contributed by atoms with van der Waals surface area (Å²) in [6.07, 6.45) is 6.20. The molecule has 182 valence electrons. The van der Waals surface area contributed by atoms with Crippen molar-refractivity contribution in [2.24, 2.45) is 0 Å². The molecule has 8 heteroatoms. The zero-order valence-electron chi connectivity index (χ0n) is 19.9. The predicted molar refractivity (Wildman–Crippen MR) is 132 cm³/mol. The third-order valence-electron chi connectivity index (χ3n) is 6.89. The molecule has 7 nitrogen and oxygen atoms in total. The lowest BCUT2D eigenvalue weighted by Gasteiger charge is -2.47. The van der Waals surface area contributed by atoms with E-state index in [2.05, 4.69) is 5.32 Å². The maximum absolute atomic E-state index is 13.8. The maximum atomic E-state index is 13.8. The standard InChI is InChI=1S/C26H33N3O4S/c1-20-14-16-22(17-15-20)29-24(30)18-28(34(32,33)23-12-8-5-9-13-23)19-26(29,2)25(31)27-21-10-6-3-4-7-11-21/h5,8-9,12-17,21H,3-4,6-7,10-11,18-19H2,1-2H3,(H,27,31). The van der Waals surface area contributed by atoms with E-state index in [-0.39, 0.29) is 29.9 Å². The monoisotopic (exact) mass is 483 g/mol. The van der Waals surface area contributed by atoms with Gasteiger partial charge >= 0.3 is 0 Å².